The lowest BCUT2D eigenvalue weighted by Gasteiger charge is -2.27. The van der Waals surface area contributed by atoms with Gasteiger partial charge in [0.05, 0.1) is 12.7 Å². The van der Waals surface area contributed by atoms with Crippen molar-refractivity contribution in [2.75, 3.05) is 7.11 Å². The Morgan fingerprint density at radius 1 is 1.13 bits per heavy atom. The van der Waals surface area contributed by atoms with Crippen LogP contribution in [0.25, 0.3) is 11.1 Å². The van der Waals surface area contributed by atoms with Crippen LogP contribution in [-0.2, 0) is 0 Å². The van der Waals surface area contributed by atoms with E-state index in [-0.39, 0.29) is 0 Å². The van der Waals surface area contributed by atoms with Gasteiger partial charge in [0.25, 0.3) is 5.91 Å². The number of hydrogen-bond acceptors (Lipinski definition) is 2. The minimum absolute atomic E-state index is 0.445. The average Bonchev–Trinajstić information content (AvgIpc) is 3.30. The Balaban J connectivity index is 0.000000293. The van der Waals surface area contributed by atoms with Crippen LogP contribution in [0.1, 0.15) is 70.7 Å². The Labute approximate surface area is 188 Å². The number of rotatable bonds is 5. The molecule has 170 valence electrons. The van der Waals surface area contributed by atoms with Crippen molar-refractivity contribution in [1.29, 1.82) is 0 Å². The molecule has 4 nitrogen and oxygen atoms in total. The Morgan fingerprint density at radius 2 is 1.81 bits per heavy atom. The number of benzene rings is 1. The molecule has 0 saturated heterocycles. The maximum absolute atomic E-state index is 11.2. The number of carbonyl (C=O) groups excluding carboxylic acids is 1. The van der Waals surface area contributed by atoms with Crippen LogP contribution in [0, 0.1) is 11.8 Å². The molecule has 0 atom stereocenters. The molecule has 1 aliphatic rings. The van der Waals surface area contributed by atoms with Gasteiger partial charge in [-0.05, 0) is 61.8 Å². The second-order valence-corrected chi connectivity index (χ2v) is 7.62. The van der Waals surface area contributed by atoms with E-state index in [0.717, 1.165) is 28.7 Å². The van der Waals surface area contributed by atoms with E-state index < -0.39 is 5.91 Å². The van der Waals surface area contributed by atoms with Crippen LogP contribution in [0.3, 0.4) is 0 Å². The molecule has 31 heavy (non-hydrogen) atoms. The van der Waals surface area contributed by atoms with Crippen molar-refractivity contribution in [3.63, 3.8) is 0 Å². The Kier molecular flexibility index (Phi) is 12.1. The fourth-order valence-electron chi connectivity index (χ4n) is 3.85. The Hall–Kier alpha value is -2.75. The van der Waals surface area contributed by atoms with Crippen molar-refractivity contribution in [3.05, 3.63) is 66.0 Å². The van der Waals surface area contributed by atoms with Gasteiger partial charge in [-0.25, -0.2) is 0 Å². The Morgan fingerprint density at radius 3 is 2.35 bits per heavy atom. The van der Waals surface area contributed by atoms with Crippen molar-refractivity contribution in [2.45, 2.75) is 60.3 Å². The molecule has 3 N–H and O–H groups in total. The highest BCUT2D eigenvalue weighted by molar-refractivity contribution is 5.99. The molecule has 0 spiro atoms. The summed E-state index contributed by atoms with van der Waals surface area (Å²) in [5.74, 6) is 2.10. The molecule has 1 aromatic heterocycles. The maximum atomic E-state index is 11.2. The number of aromatic amines is 1. The van der Waals surface area contributed by atoms with Crippen LogP contribution in [0.4, 0.5) is 0 Å². The summed E-state index contributed by atoms with van der Waals surface area (Å²) in [5, 5.41) is 0. The number of aromatic nitrogens is 1. The summed E-state index contributed by atoms with van der Waals surface area (Å²) in [6.45, 7) is 10.6. The van der Waals surface area contributed by atoms with Crippen LogP contribution in [0.5, 0.6) is 5.75 Å². The number of hydrogen-bond donors (Lipinski definition) is 2. The van der Waals surface area contributed by atoms with Gasteiger partial charge >= 0.3 is 0 Å². The lowest BCUT2D eigenvalue weighted by atomic mass is 9.79. The molecule has 0 aliphatic heterocycles. The fourth-order valence-corrected chi connectivity index (χ4v) is 3.85. The SMILES string of the molecule is C/C=C\C(=C/C)C1CCC(C)CC1.CC.COc1cccc(-c2c[nH]cc2C(N)=O)c1. The number of allylic oxidation sites excluding steroid dienone is 4. The summed E-state index contributed by atoms with van der Waals surface area (Å²) in [5.41, 5.74) is 8.99. The lowest BCUT2D eigenvalue weighted by Crippen LogP contribution is -2.13. The first-order valence-electron chi connectivity index (χ1n) is 11.4. The monoisotopic (exact) mass is 424 g/mol. The van der Waals surface area contributed by atoms with Gasteiger partial charge in [0.2, 0.25) is 0 Å². The van der Waals surface area contributed by atoms with Gasteiger partial charge in [-0.3, -0.25) is 4.79 Å². The van der Waals surface area contributed by atoms with E-state index in [1.807, 2.05) is 38.1 Å². The quantitative estimate of drug-likeness (QED) is 0.500. The van der Waals surface area contributed by atoms with Crippen molar-refractivity contribution < 1.29 is 9.53 Å². The third-order valence-electron chi connectivity index (χ3n) is 5.57. The molecule has 4 heteroatoms. The number of ether oxygens (including phenoxy) is 1. The normalized spacial score (nSPS) is 18.5. The van der Waals surface area contributed by atoms with Crippen LogP contribution in [-0.4, -0.2) is 18.0 Å². The molecule has 0 unspecified atom stereocenters. The summed E-state index contributed by atoms with van der Waals surface area (Å²) in [4.78, 5) is 14.1. The van der Waals surface area contributed by atoms with Gasteiger partial charge in [-0.1, -0.05) is 64.0 Å². The molecule has 1 fully saturated rings. The zero-order valence-corrected chi connectivity index (χ0v) is 20.1. The first-order valence-corrected chi connectivity index (χ1v) is 11.4. The zero-order chi connectivity index (χ0) is 23.2. The third kappa shape index (κ3) is 8.12. The number of carbonyl (C=O) groups is 1. The molecular weight excluding hydrogens is 384 g/mol. The minimum atomic E-state index is -0.445. The predicted octanol–water partition coefficient (Wildman–Crippen LogP) is 7.15. The minimum Gasteiger partial charge on any atom is -0.497 e. The van der Waals surface area contributed by atoms with E-state index in [2.05, 4.69) is 44.0 Å². The second-order valence-electron chi connectivity index (χ2n) is 7.62. The van der Waals surface area contributed by atoms with Gasteiger partial charge in [-0.15, -0.1) is 0 Å². The second kappa shape index (κ2) is 14.3. The summed E-state index contributed by atoms with van der Waals surface area (Å²) < 4.78 is 5.13. The Bertz CT molecular complexity index is 840. The molecule has 2 aromatic rings. The predicted molar refractivity (Wildman–Crippen MR) is 132 cm³/mol. The topological polar surface area (TPSA) is 68.1 Å². The van der Waals surface area contributed by atoms with Gasteiger partial charge in [0, 0.05) is 18.0 Å². The zero-order valence-electron chi connectivity index (χ0n) is 20.1. The van der Waals surface area contributed by atoms with Crippen LogP contribution < -0.4 is 10.5 Å². The largest absolute Gasteiger partial charge is 0.497 e. The van der Waals surface area contributed by atoms with Crippen LogP contribution in [0.2, 0.25) is 0 Å². The highest BCUT2D eigenvalue weighted by Gasteiger charge is 2.19. The number of primary amides is 1. The summed E-state index contributed by atoms with van der Waals surface area (Å²) >= 11 is 0. The van der Waals surface area contributed by atoms with Crippen LogP contribution in [0.15, 0.2) is 60.5 Å². The molecule has 1 aliphatic carbocycles. The lowest BCUT2D eigenvalue weighted by molar-refractivity contribution is 0.100. The van der Waals surface area contributed by atoms with E-state index in [0.29, 0.717) is 5.56 Å². The number of nitrogens with one attached hydrogen (secondary N) is 1. The van der Waals surface area contributed by atoms with Crippen molar-refractivity contribution in [3.8, 4) is 16.9 Å². The van der Waals surface area contributed by atoms with Gasteiger partial charge in [0.1, 0.15) is 5.75 Å². The average molecular weight is 425 g/mol. The molecular formula is C27H40N2O2. The molecule has 0 radical (unpaired) electrons. The molecule has 1 aromatic carbocycles. The summed E-state index contributed by atoms with van der Waals surface area (Å²) in [6, 6.07) is 7.47. The van der Waals surface area contributed by atoms with E-state index in [4.69, 9.17) is 10.5 Å². The summed E-state index contributed by atoms with van der Waals surface area (Å²) in [6.07, 6.45) is 15.7. The molecule has 1 saturated carbocycles. The van der Waals surface area contributed by atoms with E-state index in [1.165, 1.54) is 25.7 Å². The highest BCUT2D eigenvalue weighted by Crippen LogP contribution is 2.33. The molecule has 0 bridgehead atoms. The first-order chi connectivity index (χ1) is 15.0. The van der Waals surface area contributed by atoms with Gasteiger partial charge in [-0.2, -0.15) is 0 Å². The number of nitrogens with two attached hydrogens (primary N) is 1. The van der Waals surface area contributed by atoms with Gasteiger partial charge in [0.15, 0.2) is 0 Å². The highest BCUT2D eigenvalue weighted by atomic mass is 16.5. The number of H-pyrrole nitrogens is 1. The molecule has 1 amide bonds. The van der Waals surface area contributed by atoms with Crippen molar-refractivity contribution in [1.82, 2.24) is 4.98 Å². The maximum Gasteiger partial charge on any atom is 0.250 e. The van der Waals surface area contributed by atoms with Gasteiger partial charge < -0.3 is 15.5 Å². The van der Waals surface area contributed by atoms with E-state index in [1.54, 1.807) is 25.1 Å². The molecule has 1 heterocycles. The number of methoxy groups -OCH3 is 1. The molecule has 3 rings (SSSR count). The van der Waals surface area contributed by atoms with E-state index >= 15 is 0 Å². The number of amides is 1. The van der Waals surface area contributed by atoms with E-state index in [9.17, 15) is 4.79 Å². The fraction of sp³-hybridized carbons (Fsp3) is 0.444. The standard InChI is InChI=1S/C13H22.C12H12N2O2.C2H6/c1-4-6-12(5-2)13-9-7-11(3)8-10-13;1-16-9-4-2-3-8(5-9)10-6-14-7-11(10)12(13)15;1-2/h4-6,11,13H,7-10H2,1-3H3;2-7,14H,1H3,(H2,13,15);1-2H3/b6-4-,12-5+;;. The van der Waals surface area contributed by atoms with Crippen LogP contribution >= 0.6 is 0 Å². The smallest absolute Gasteiger partial charge is 0.250 e. The summed E-state index contributed by atoms with van der Waals surface area (Å²) in [7, 11) is 1.60. The van der Waals surface area contributed by atoms with Crippen molar-refractivity contribution in [2.24, 2.45) is 17.6 Å². The van der Waals surface area contributed by atoms with Crippen molar-refractivity contribution >= 4 is 5.91 Å². The first kappa shape index (κ1) is 26.3. The third-order valence-corrected chi connectivity index (χ3v) is 5.57.